The van der Waals surface area contributed by atoms with Crippen molar-refractivity contribution in [2.45, 2.75) is 218 Å². The summed E-state index contributed by atoms with van der Waals surface area (Å²) in [5.41, 5.74) is 29.6. The van der Waals surface area contributed by atoms with E-state index in [1.807, 2.05) is 72.1 Å². The molecule has 7 aliphatic heterocycles. The number of piperidine rings is 1. The lowest BCUT2D eigenvalue weighted by Gasteiger charge is -2.42. The van der Waals surface area contributed by atoms with Crippen LogP contribution in [0.25, 0.3) is 33.4 Å². The van der Waals surface area contributed by atoms with Crippen molar-refractivity contribution in [1.82, 2.24) is 69.2 Å². The van der Waals surface area contributed by atoms with Gasteiger partial charge in [0, 0.05) is 192 Å². The van der Waals surface area contributed by atoms with E-state index in [2.05, 4.69) is 74.8 Å². The van der Waals surface area contributed by atoms with Crippen LogP contribution in [0.4, 0.5) is 23.7 Å². The zero-order valence-corrected chi connectivity index (χ0v) is 79.2. The van der Waals surface area contributed by atoms with E-state index in [1.165, 1.54) is 23.9 Å². The van der Waals surface area contributed by atoms with Crippen molar-refractivity contribution in [2.24, 2.45) is 40.5 Å². The summed E-state index contributed by atoms with van der Waals surface area (Å²) < 4.78 is 43.9. The first-order valence-corrected chi connectivity index (χ1v) is 47.8. The Bertz CT molecular complexity index is 5440. The number of nitrogens with two attached hydrogens (primary N) is 3. The number of hydrogen-bond donors (Lipinski definition) is 7. The molecule has 2 bridgehead atoms. The Morgan fingerprint density at radius 3 is 2.18 bits per heavy atom. The van der Waals surface area contributed by atoms with Gasteiger partial charge in [-0.2, -0.15) is 10.1 Å². The molecule has 1 aliphatic carbocycles. The van der Waals surface area contributed by atoms with Crippen molar-refractivity contribution in [3.63, 3.8) is 0 Å². The minimum Gasteiger partial charge on any atom is -0.459 e. The number of aliphatic hydroxyl groups is 4. The maximum Gasteiger partial charge on any atom is 0.329 e. The molecule has 0 spiro atoms. The summed E-state index contributed by atoms with van der Waals surface area (Å²) in [6, 6.07) is 9.91. The van der Waals surface area contributed by atoms with Gasteiger partial charge in [0.25, 0.3) is 29.5 Å². The highest BCUT2D eigenvalue weighted by Crippen LogP contribution is 2.40. The van der Waals surface area contributed by atoms with Crippen LogP contribution < -0.4 is 27.0 Å². The number of ether oxygens (including phenoxy) is 6. The maximum atomic E-state index is 14.8. The van der Waals surface area contributed by atoms with E-state index < -0.39 is 103 Å². The summed E-state index contributed by atoms with van der Waals surface area (Å²) in [6.07, 6.45) is 16.9. The number of carbonyl (C=O) groups is 5. The summed E-state index contributed by atoms with van der Waals surface area (Å²) in [5, 5.41) is 57.8. The number of rotatable bonds is 21. The van der Waals surface area contributed by atoms with Gasteiger partial charge < -0.3 is 99.8 Å². The highest BCUT2D eigenvalue weighted by atomic mass is 16.6. The van der Waals surface area contributed by atoms with E-state index in [-0.39, 0.29) is 67.9 Å². The Hall–Kier alpha value is -10.7. The molecule has 728 valence electrons. The number of carbonyl (C=O) groups excluding carboxylic acids is 5. The number of anilines is 4. The number of piperazine rings is 2. The lowest BCUT2D eigenvalue weighted by molar-refractivity contribution is -0.265. The molecular weight excluding hydrogens is 1730 g/mol. The molecule has 1 saturated carbocycles. The van der Waals surface area contributed by atoms with Crippen LogP contribution in [0.2, 0.25) is 0 Å². The van der Waals surface area contributed by atoms with Gasteiger partial charge in [0.1, 0.15) is 47.7 Å². The highest BCUT2D eigenvalue weighted by Gasteiger charge is 2.54. The number of esters is 1. The molecular formula is C98H134N20O17. The van der Waals surface area contributed by atoms with Crippen molar-refractivity contribution >= 4 is 81.0 Å². The van der Waals surface area contributed by atoms with Gasteiger partial charge >= 0.3 is 5.97 Å². The number of aromatic nitrogens is 9. The quantitative estimate of drug-likeness (QED) is 0.0126. The molecule has 3 amide bonds. The third-order valence-electron chi connectivity index (χ3n) is 28.5. The Labute approximate surface area is 787 Å². The number of oxime groups is 1. The third-order valence-corrected chi connectivity index (χ3v) is 28.5. The van der Waals surface area contributed by atoms with Crippen LogP contribution in [0.3, 0.4) is 0 Å². The monoisotopic (exact) mass is 1860 g/mol. The minimum absolute atomic E-state index is 0.0299. The molecule has 2 aromatic carbocycles. The Kier molecular flexibility index (Phi) is 33.0. The van der Waals surface area contributed by atoms with Gasteiger partial charge in [-0.25, -0.2) is 39.4 Å². The van der Waals surface area contributed by atoms with Gasteiger partial charge in [-0.3, -0.25) is 29.0 Å². The molecule has 8 aliphatic rings. The smallest absolute Gasteiger partial charge is 0.329 e. The van der Waals surface area contributed by atoms with Crippen LogP contribution in [-0.4, -0.2) is 318 Å². The first kappa shape index (κ1) is 98.8. The van der Waals surface area contributed by atoms with Gasteiger partial charge in [-0.05, 0) is 142 Å². The second kappa shape index (κ2) is 45.1. The third kappa shape index (κ3) is 23.8. The molecule has 7 aromatic rings. The molecule has 5 fully saturated rings. The first-order valence-electron chi connectivity index (χ1n) is 47.8. The molecule has 5 aromatic heterocycles. The number of benzene rings is 2. The number of Topliss-reactive ketones (excluding diaryl/α,β-unsaturated/α-hetero) is 1. The number of allylic oxidation sites excluding steroid dienone is 5. The normalized spacial score (nSPS) is 28.5. The molecule has 10 N–H and O–H groups in total. The lowest BCUT2D eigenvalue weighted by atomic mass is 9.80. The van der Waals surface area contributed by atoms with E-state index in [0.29, 0.717) is 172 Å². The number of oxazole rings is 1. The number of nitrogens with zero attached hydrogens (tertiary/aromatic N) is 17. The van der Waals surface area contributed by atoms with Crippen molar-refractivity contribution in [2.75, 3.05) is 147 Å². The topological polar surface area (TPSA) is 465 Å². The standard InChI is InChI=1S/C98H134N20O17/c1-59-15-11-10-12-16-60(2)80(128-7)49-72-23-18-64(6)98(127,135-72)89(123)93(125)117-28-14-13-17-76(117)94(126)133-81(73(99)46-65-20-24-77(119)82(47-65)129-8)50-78(120)61(3)44-63(5)87(122)88(130-9)85(62(4)43-59)110-132-57-83(121)115-30-27-74-71(56-115)53-104-97(108-74)114-37-33-112(34-38-114)40-42-131-41-39-111-31-35-113(36-32-111)96-102-51-70(52-103-96)92(124)116-29-26-67-45-66(19-21-69(67)55-116)54-118-91-84(90(100)105-58-106-91)86(109-118)68-22-25-79-75(48-68)107-95(101)134-79/h10-12,15-16,19,21-22,25,44-45,48,51-53,58-59,61-62,64-65,72-73,76-78,80-82,87-88,119-120,122,127H,13-14,17-18,20,23-24,26-43,46-47,49-50,54-57,99H2,1-9H3,(H2,101,107)(H2,100,105,106)/b12-10?,15-11+,60-16?,63-44+,110-85+/t59-,61-,62-,64-,65+,72+,73-,76+,77-,78-,80+,81+,82-,87-,88+,98-/m1/s1. The van der Waals surface area contributed by atoms with E-state index in [1.54, 1.807) is 64.4 Å². The number of cyclic esters (lactones) is 1. The fourth-order valence-corrected chi connectivity index (χ4v) is 20.2. The SMILES string of the molecule is CO[C@H]1C[C@@H]2CC[C@@H](C)[C@@](O)(O2)C(=O)C(=O)N2CCCC[C@H]2C(=O)O[C@H]([C@H](N)C[C@@H]2CC[C@@H](O)[C@H](OC)C2)C[C@@H](O)[C@H](C)/C=C(\C)[C@@H](O)[C@@H](OC)/C(=N/OCC(=O)N2CCc3nc(N4CCN(CCOCCN5CCN(c6ncc(C(=O)N7CCc8cc(Cn9nc(-c%10ccc%11oc(N)nc%11c%10)c%10c(N)ncnc%109)ccc8C7)cn6)CC5)CC4)ncc3C2)[C@H](C)C[C@H](C)/C=C/C=CC=C1C. The van der Waals surface area contributed by atoms with Crippen LogP contribution in [-0.2, 0) is 84.9 Å². The van der Waals surface area contributed by atoms with Gasteiger partial charge in [0.15, 0.2) is 17.8 Å². The minimum atomic E-state index is -2.48. The van der Waals surface area contributed by atoms with Gasteiger partial charge in [-0.1, -0.05) is 87.5 Å². The number of fused-ring (bicyclic) bond motifs is 7. The number of methoxy groups -OCH3 is 3. The first-order chi connectivity index (χ1) is 65.1. The van der Waals surface area contributed by atoms with Crippen LogP contribution in [0.1, 0.15) is 157 Å². The van der Waals surface area contributed by atoms with Crippen LogP contribution in [0.15, 0.2) is 118 Å². The fraction of sp³-hybridized carbons (Fsp3) is 0.592. The number of ketones is 1. The molecule has 0 radical (unpaired) electrons. The Balaban J connectivity index is 0.512. The highest BCUT2D eigenvalue weighted by molar-refractivity contribution is 6.39. The molecule has 4 saturated heterocycles. The lowest BCUT2D eigenvalue weighted by Crippen LogP contribution is -2.61. The molecule has 37 nitrogen and oxygen atoms in total. The summed E-state index contributed by atoms with van der Waals surface area (Å²) in [6.45, 7) is 22.1. The Morgan fingerprint density at radius 1 is 0.704 bits per heavy atom. The molecule has 135 heavy (non-hydrogen) atoms. The zero-order valence-electron chi connectivity index (χ0n) is 79.2. The zero-order chi connectivity index (χ0) is 95.3. The predicted octanol–water partition coefficient (Wildman–Crippen LogP) is 6.95. The Morgan fingerprint density at radius 2 is 1.44 bits per heavy atom. The van der Waals surface area contributed by atoms with Crippen molar-refractivity contribution in [3.8, 4) is 11.3 Å². The van der Waals surface area contributed by atoms with Crippen molar-refractivity contribution in [1.29, 1.82) is 0 Å². The average molecular weight is 1860 g/mol. The second-order valence-corrected chi connectivity index (χ2v) is 37.9. The van der Waals surface area contributed by atoms with Gasteiger partial charge in [-0.15, -0.1) is 0 Å². The number of amides is 3. The molecule has 16 atom stereocenters. The van der Waals surface area contributed by atoms with Crippen LogP contribution in [0, 0.1) is 29.6 Å². The maximum absolute atomic E-state index is 14.8. The van der Waals surface area contributed by atoms with Crippen molar-refractivity contribution < 1.29 is 82.1 Å². The summed E-state index contributed by atoms with van der Waals surface area (Å²) >= 11 is 0. The summed E-state index contributed by atoms with van der Waals surface area (Å²) in [7, 11) is 4.59. The fourth-order valence-electron chi connectivity index (χ4n) is 20.2. The van der Waals surface area contributed by atoms with E-state index in [0.717, 1.165) is 99.0 Å². The van der Waals surface area contributed by atoms with Crippen LogP contribution in [0.5, 0.6) is 0 Å². The van der Waals surface area contributed by atoms with Gasteiger partial charge in [0.2, 0.25) is 17.7 Å². The van der Waals surface area contributed by atoms with Crippen molar-refractivity contribution in [3.05, 3.63) is 142 Å². The average Bonchev–Trinajstić information content (AvgIpc) is 1.59. The molecule has 0 unspecified atom stereocenters. The number of aliphatic hydroxyl groups excluding tert-OH is 3. The molecule has 12 heterocycles. The van der Waals surface area contributed by atoms with E-state index in [4.69, 9.17) is 69.9 Å². The van der Waals surface area contributed by atoms with Gasteiger partial charge in [0.05, 0.1) is 72.6 Å². The second-order valence-electron chi connectivity index (χ2n) is 37.9. The summed E-state index contributed by atoms with van der Waals surface area (Å²) in [4.78, 5) is 124. The van der Waals surface area contributed by atoms with Crippen LogP contribution >= 0.6 is 0 Å². The number of nitrogen functional groups attached to an aromatic ring is 2. The van der Waals surface area contributed by atoms with E-state index in [9.17, 15) is 44.4 Å². The summed E-state index contributed by atoms with van der Waals surface area (Å²) in [5.74, 6) is -6.22. The largest absolute Gasteiger partial charge is 0.459 e. The molecule has 37 heteroatoms. The number of hydrogen-bond acceptors (Lipinski definition) is 33. The van der Waals surface area contributed by atoms with E-state index >= 15 is 0 Å². The predicted molar refractivity (Wildman–Crippen MR) is 506 cm³/mol. The molecule has 15 rings (SSSR count).